The molecule has 0 unspecified atom stereocenters. The van der Waals surface area contributed by atoms with Gasteiger partial charge in [-0.25, -0.2) is 0 Å². The number of carbonyl (C=O) groups is 4. The Morgan fingerprint density at radius 1 is 0.703 bits per heavy atom. The Bertz CT molecular complexity index is 979. The van der Waals surface area contributed by atoms with Crippen molar-refractivity contribution in [2.24, 2.45) is 0 Å². The largest absolute Gasteiger partial charge is 0.352 e. The standard InChI is InChI=1S/C17H21NO2.C14H23NO2/c1-5-12(3)16(19)11-14-8-7-9-15(10-14)18-17(20)13(4)6-2;1-5-11(3)13(16)9-7-8-10-15-14(17)12(4)6-2/h5-10H,11H2,1-4H3,(H,18,20);5-6H,7-10H2,1-4H3,(H,15,17)/b12-5-,13-6-;11-5-,12-6-. The van der Waals surface area contributed by atoms with Gasteiger partial charge < -0.3 is 10.6 Å². The van der Waals surface area contributed by atoms with E-state index in [0.29, 0.717) is 30.6 Å². The highest BCUT2D eigenvalue weighted by atomic mass is 16.2. The van der Waals surface area contributed by atoms with Crippen molar-refractivity contribution in [3.63, 3.8) is 0 Å². The molecule has 0 heterocycles. The first-order valence-electron chi connectivity index (χ1n) is 12.8. The number of unbranched alkanes of at least 4 members (excludes halogenated alkanes) is 1. The van der Waals surface area contributed by atoms with E-state index in [1.165, 1.54) is 0 Å². The second kappa shape index (κ2) is 18.7. The number of hydrogen-bond donors (Lipinski definition) is 2. The third kappa shape index (κ3) is 14.0. The molecule has 1 rings (SSSR count). The van der Waals surface area contributed by atoms with Crippen LogP contribution in [0, 0.1) is 0 Å². The lowest BCUT2D eigenvalue weighted by atomic mass is 10.0. The first-order chi connectivity index (χ1) is 17.5. The molecular weight excluding hydrogens is 464 g/mol. The highest BCUT2D eigenvalue weighted by Gasteiger charge is 2.08. The summed E-state index contributed by atoms with van der Waals surface area (Å²) in [7, 11) is 0. The summed E-state index contributed by atoms with van der Waals surface area (Å²) in [6, 6.07) is 7.38. The fourth-order valence-corrected chi connectivity index (χ4v) is 2.85. The van der Waals surface area contributed by atoms with Gasteiger partial charge in [0.05, 0.1) is 0 Å². The number of rotatable bonds is 12. The van der Waals surface area contributed by atoms with Gasteiger partial charge in [0.1, 0.15) is 0 Å². The van der Waals surface area contributed by atoms with Crippen LogP contribution in [0.15, 0.2) is 70.9 Å². The normalized spacial score (nSPS) is 12.3. The minimum atomic E-state index is -0.124. The number of nitrogens with one attached hydrogen (secondary N) is 2. The zero-order chi connectivity index (χ0) is 28.4. The predicted molar refractivity (Wildman–Crippen MR) is 153 cm³/mol. The first-order valence-corrected chi connectivity index (χ1v) is 12.8. The van der Waals surface area contributed by atoms with Crippen LogP contribution in [0.2, 0.25) is 0 Å². The maximum absolute atomic E-state index is 11.9. The minimum absolute atomic E-state index is 0.0246. The number of carbonyl (C=O) groups excluding carboxylic acids is 4. The number of anilines is 1. The van der Waals surface area contributed by atoms with Crippen molar-refractivity contribution >= 4 is 29.1 Å². The van der Waals surface area contributed by atoms with Crippen LogP contribution in [0.5, 0.6) is 0 Å². The maximum atomic E-state index is 11.9. The predicted octanol–water partition coefficient (Wildman–Crippen LogP) is 6.44. The summed E-state index contributed by atoms with van der Waals surface area (Å²) in [5.74, 6) is 0.146. The lowest BCUT2D eigenvalue weighted by Gasteiger charge is -2.07. The Balaban J connectivity index is 0.000000712. The average Bonchev–Trinajstić information content (AvgIpc) is 2.90. The number of benzene rings is 1. The van der Waals surface area contributed by atoms with Crippen LogP contribution in [0.3, 0.4) is 0 Å². The van der Waals surface area contributed by atoms with Crippen molar-refractivity contribution in [3.05, 3.63) is 76.4 Å². The average molecular weight is 509 g/mol. The summed E-state index contributed by atoms with van der Waals surface area (Å²) in [6.07, 6.45) is 9.76. The Labute approximate surface area is 223 Å². The van der Waals surface area contributed by atoms with Crippen LogP contribution in [0.1, 0.15) is 80.2 Å². The van der Waals surface area contributed by atoms with Crippen molar-refractivity contribution in [2.45, 2.75) is 81.1 Å². The van der Waals surface area contributed by atoms with Gasteiger partial charge in [-0.2, -0.15) is 0 Å². The first kappa shape index (κ1) is 33.5. The van der Waals surface area contributed by atoms with Crippen LogP contribution >= 0.6 is 0 Å². The zero-order valence-electron chi connectivity index (χ0n) is 23.8. The third-order valence-corrected chi connectivity index (χ3v) is 5.99. The third-order valence-electron chi connectivity index (χ3n) is 5.99. The summed E-state index contributed by atoms with van der Waals surface area (Å²) >= 11 is 0. The van der Waals surface area contributed by atoms with E-state index in [4.69, 9.17) is 0 Å². The molecule has 1 aromatic carbocycles. The molecule has 0 aliphatic carbocycles. The van der Waals surface area contributed by atoms with Gasteiger partial charge in [-0.05, 0) is 97.1 Å². The molecule has 202 valence electrons. The molecule has 1 aromatic rings. The van der Waals surface area contributed by atoms with E-state index in [0.717, 1.165) is 35.1 Å². The van der Waals surface area contributed by atoms with Gasteiger partial charge in [-0.15, -0.1) is 0 Å². The van der Waals surface area contributed by atoms with Gasteiger partial charge >= 0.3 is 0 Å². The summed E-state index contributed by atoms with van der Waals surface area (Å²) in [4.78, 5) is 46.5. The molecule has 0 bridgehead atoms. The van der Waals surface area contributed by atoms with Crippen molar-refractivity contribution in [2.75, 3.05) is 11.9 Å². The van der Waals surface area contributed by atoms with Crippen molar-refractivity contribution in [1.82, 2.24) is 5.32 Å². The van der Waals surface area contributed by atoms with E-state index in [2.05, 4.69) is 10.6 Å². The topological polar surface area (TPSA) is 92.3 Å². The van der Waals surface area contributed by atoms with E-state index >= 15 is 0 Å². The van der Waals surface area contributed by atoms with Gasteiger partial charge in [0.15, 0.2) is 11.6 Å². The van der Waals surface area contributed by atoms with Crippen molar-refractivity contribution in [1.29, 1.82) is 0 Å². The lowest BCUT2D eigenvalue weighted by Crippen LogP contribution is -2.25. The van der Waals surface area contributed by atoms with E-state index < -0.39 is 0 Å². The van der Waals surface area contributed by atoms with E-state index in [1.807, 2.05) is 78.0 Å². The van der Waals surface area contributed by atoms with Gasteiger partial charge in [0.2, 0.25) is 5.91 Å². The Morgan fingerprint density at radius 3 is 1.81 bits per heavy atom. The summed E-state index contributed by atoms with van der Waals surface area (Å²) < 4.78 is 0. The molecule has 0 spiro atoms. The molecule has 6 nitrogen and oxygen atoms in total. The molecule has 0 atom stereocenters. The Morgan fingerprint density at radius 2 is 1.24 bits per heavy atom. The van der Waals surface area contributed by atoms with E-state index in [-0.39, 0.29) is 23.4 Å². The molecule has 6 heteroatoms. The second-order valence-electron chi connectivity index (χ2n) is 8.78. The van der Waals surface area contributed by atoms with E-state index in [9.17, 15) is 19.2 Å². The van der Waals surface area contributed by atoms with Crippen LogP contribution in [-0.2, 0) is 25.6 Å². The lowest BCUT2D eigenvalue weighted by molar-refractivity contribution is -0.117. The highest BCUT2D eigenvalue weighted by Crippen LogP contribution is 2.14. The molecule has 37 heavy (non-hydrogen) atoms. The molecule has 0 fully saturated rings. The highest BCUT2D eigenvalue weighted by molar-refractivity contribution is 6.03. The van der Waals surface area contributed by atoms with Crippen LogP contribution in [-0.4, -0.2) is 29.9 Å². The van der Waals surface area contributed by atoms with Crippen molar-refractivity contribution in [3.8, 4) is 0 Å². The summed E-state index contributed by atoms with van der Waals surface area (Å²) in [6.45, 7) is 15.2. The van der Waals surface area contributed by atoms with Crippen LogP contribution in [0.25, 0.3) is 0 Å². The maximum Gasteiger partial charge on any atom is 0.250 e. The quantitative estimate of drug-likeness (QED) is 0.251. The number of amides is 2. The fraction of sp³-hybridized carbons (Fsp3) is 0.419. The minimum Gasteiger partial charge on any atom is -0.352 e. The molecule has 0 saturated carbocycles. The van der Waals surface area contributed by atoms with Crippen LogP contribution < -0.4 is 10.6 Å². The monoisotopic (exact) mass is 508 g/mol. The number of Topliss-reactive ketones (excluding diaryl/α,β-unsaturated/α-hetero) is 2. The molecule has 2 N–H and O–H groups in total. The molecule has 0 aliphatic heterocycles. The molecule has 0 saturated heterocycles. The van der Waals surface area contributed by atoms with Gasteiger partial charge in [-0.1, -0.05) is 36.4 Å². The fourth-order valence-electron chi connectivity index (χ4n) is 2.85. The molecule has 0 radical (unpaired) electrons. The number of ketones is 2. The van der Waals surface area contributed by atoms with Crippen molar-refractivity contribution < 1.29 is 19.2 Å². The molecule has 2 amide bonds. The second-order valence-corrected chi connectivity index (χ2v) is 8.78. The molecule has 0 aromatic heterocycles. The molecular formula is C31H44N2O4. The summed E-state index contributed by atoms with van der Waals surface area (Å²) in [5, 5.41) is 5.63. The number of hydrogen-bond acceptors (Lipinski definition) is 4. The zero-order valence-corrected chi connectivity index (χ0v) is 23.8. The Hall–Kier alpha value is -3.54. The summed E-state index contributed by atoms with van der Waals surface area (Å²) in [5.41, 5.74) is 4.57. The Kier molecular flexibility index (Phi) is 16.9. The molecule has 0 aliphatic rings. The van der Waals surface area contributed by atoms with Gasteiger partial charge in [0, 0.05) is 36.2 Å². The SMILES string of the molecule is C/C=C(/C)C(=O)CCCCNC(=O)/C(C)=C\C.C/C=C(/C)C(=O)Cc1cccc(NC(=O)/C(C)=C\C)c1. The van der Waals surface area contributed by atoms with Crippen LogP contribution in [0.4, 0.5) is 5.69 Å². The van der Waals surface area contributed by atoms with Gasteiger partial charge in [-0.3, -0.25) is 19.2 Å². The number of allylic oxidation sites excluding steroid dienone is 6. The smallest absolute Gasteiger partial charge is 0.250 e. The van der Waals surface area contributed by atoms with E-state index in [1.54, 1.807) is 26.0 Å². The van der Waals surface area contributed by atoms with Gasteiger partial charge in [0.25, 0.3) is 5.91 Å².